The predicted octanol–water partition coefficient (Wildman–Crippen LogP) is 3.57. The first-order valence-corrected chi connectivity index (χ1v) is 10.5. The van der Waals surface area contributed by atoms with Gasteiger partial charge in [0.1, 0.15) is 4.32 Å². The molecule has 0 N–H and O–H groups in total. The van der Waals surface area contributed by atoms with Crippen LogP contribution in [-0.4, -0.2) is 46.8 Å². The van der Waals surface area contributed by atoms with Crippen LogP contribution in [0.15, 0.2) is 27.6 Å². The summed E-state index contributed by atoms with van der Waals surface area (Å²) < 4.78 is 7.00. The van der Waals surface area contributed by atoms with E-state index in [1.165, 1.54) is 11.8 Å². The molecule has 1 unspecified atom stereocenters. The fourth-order valence-corrected chi connectivity index (χ4v) is 5.24. The highest BCUT2D eigenvalue weighted by molar-refractivity contribution is 9.10. The SMILES string of the molecule is CCN1C(=O)/C(=C2/SC(=S)N(CC3CCCO3)C2=O)c2cc(Br)ccc21. The number of rotatable bonds is 3. The van der Waals surface area contributed by atoms with Crippen LogP contribution in [0, 0.1) is 0 Å². The summed E-state index contributed by atoms with van der Waals surface area (Å²) in [7, 11) is 0. The lowest BCUT2D eigenvalue weighted by atomic mass is 10.1. The van der Waals surface area contributed by atoms with E-state index in [-0.39, 0.29) is 17.9 Å². The van der Waals surface area contributed by atoms with Gasteiger partial charge >= 0.3 is 0 Å². The molecule has 0 radical (unpaired) electrons. The second-order valence-electron chi connectivity index (χ2n) is 6.33. The van der Waals surface area contributed by atoms with Crippen molar-refractivity contribution in [2.24, 2.45) is 0 Å². The van der Waals surface area contributed by atoms with Crippen molar-refractivity contribution in [2.75, 3.05) is 24.6 Å². The average Bonchev–Trinajstić information content (AvgIpc) is 3.28. The van der Waals surface area contributed by atoms with Crippen LogP contribution in [0.3, 0.4) is 0 Å². The van der Waals surface area contributed by atoms with E-state index in [0.29, 0.717) is 27.9 Å². The Bertz CT molecular complexity index is 849. The number of carbonyl (C=O) groups is 2. The molecule has 2 fully saturated rings. The Morgan fingerprint density at radius 1 is 1.31 bits per heavy atom. The van der Waals surface area contributed by atoms with Gasteiger partial charge in [-0.15, -0.1) is 0 Å². The molecular weight excluding hydrogens is 436 g/mol. The number of benzene rings is 1. The van der Waals surface area contributed by atoms with Crippen LogP contribution in [0.25, 0.3) is 5.57 Å². The highest BCUT2D eigenvalue weighted by atomic mass is 79.9. The van der Waals surface area contributed by atoms with Gasteiger partial charge in [-0.1, -0.05) is 39.9 Å². The first kappa shape index (κ1) is 18.2. The van der Waals surface area contributed by atoms with E-state index in [1.54, 1.807) is 9.80 Å². The maximum atomic E-state index is 13.0. The summed E-state index contributed by atoms with van der Waals surface area (Å²) in [6.45, 7) is 3.66. The Morgan fingerprint density at radius 3 is 2.81 bits per heavy atom. The van der Waals surface area contributed by atoms with E-state index in [2.05, 4.69) is 15.9 Å². The molecule has 4 rings (SSSR count). The standard InChI is InChI=1S/C18H17BrN2O3S2/c1-2-20-13-6-5-10(19)8-12(13)14(16(20)22)15-17(23)21(18(25)26-15)9-11-4-3-7-24-11/h5-6,8,11H,2-4,7,9H2,1H3/b15-14+. The number of fused-ring (bicyclic) bond motifs is 1. The van der Waals surface area contributed by atoms with Gasteiger partial charge in [0, 0.05) is 23.2 Å². The lowest BCUT2D eigenvalue weighted by Crippen LogP contribution is -2.35. The van der Waals surface area contributed by atoms with E-state index >= 15 is 0 Å². The van der Waals surface area contributed by atoms with Crippen LogP contribution in [0.4, 0.5) is 5.69 Å². The average molecular weight is 453 g/mol. The minimum atomic E-state index is -0.192. The molecule has 0 aliphatic carbocycles. The Kier molecular flexibility index (Phi) is 4.94. The van der Waals surface area contributed by atoms with Crippen LogP contribution in [-0.2, 0) is 14.3 Å². The zero-order valence-electron chi connectivity index (χ0n) is 14.2. The smallest absolute Gasteiger partial charge is 0.267 e. The van der Waals surface area contributed by atoms with Gasteiger partial charge in [0.15, 0.2) is 0 Å². The molecule has 0 saturated carbocycles. The quantitative estimate of drug-likeness (QED) is 0.518. The van der Waals surface area contributed by atoms with E-state index in [0.717, 1.165) is 35.2 Å². The molecule has 0 bridgehead atoms. The van der Waals surface area contributed by atoms with Crippen LogP contribution < -0.4 is 4.90 Å². The molecule has 0 spiro atoms. The number of anilines is 1. The van der Waals surface area contributed by atoms with Crippen molar-refractivity contribution < 1.29 is 14.3 Å². The van der Waals surface area contributed by atoms with E-state index in [9.17, 15) is 9.59 Å². The molecule has 1 aromatic rings. The lowest BCUT2D eigenvalue weighted by molar-refractivity contribution is -0.123. The van der Waals surface area contributed by atoms with Gasteiger partial charge in [-0.3, -0.25) is 14.5 Å². The Morgan fingerprint density at radius 2 is 2.12 bits per heavy atom. The molecule has 1 atom stereocenters. The molecule has 26 heavy (non-hydrogen) atoms. The second kappa shape index (κ2) is 7.07. The van der Waals surface area contributed by atoms with Gasteiger partial charge in [-0.2, -0.15) is 0 Å². The number of amides is 2. The van der Waals surface area contributed by atoms with Crippen molar-refractivity contribution >= 4 is 67.3 Å². The Balaban J connectivity index is 1.74. The summed E-state index contributed by atoms with van der Waals surface area (Å²) in [6, 6.07) is 5.70. The van der Waals surface area contributed by atoms with E-state index in [4.69, 9.17) is 17.0 Å². The van der Waals surface area contributed by atoms with Crippen molar-refractivity contribution in [1.82, 2.24) is 4.90 Å². The maximum absolute atomic E-state index is 13.0. The third-order valence-corrected chi connectivity index (χ3v) is 6.72. The van der Waals surface area contributed by atoms with E-state index < -0.39 is 0 Å². The van der Waals surface area contributed by atoms with Crippen molar-refractivity contribution in [3.63, 3.8) is 0 Å². The Labute approximate surface area is 169 Å². The molecule has 5 nitrogen and oxygen atoms in total. The van der Waals surface area contributed by atoms with Gasteiger partial charge in [0.05, 0.1) is 28.8 Å². The van der Waals surface area contributed by atoms with Gasteiger partial charge < -0.3 is 9.64 Å². The fourth-order valence-electron chi connectivity index (χ4n) is 3.54. The molecule has 2 saturated heterocycles. The molecule has 0 aromatic heterocycles. The third-order valence-electron chi connectivity index (χ3n) is 4.78. The van der Waals surface area contributed by atoms with Crippen molar-refractivity contribution in [3.05, 3.63) is 33.1 Å². The minimum Gasteiger partial charge on any atom is -0.376 e. The summed E-state index contributed by atoms with van der Waals surface area (Å²) >= 11 is 10.1. The molecule has 3 heterocycles. The molecule has 2 amide bonds. The van der Waals surface area contributed by atoms with E-state index in [1.807, 2.05) is 25.1 Å². The molecular formula is C18H17BrN2O3S2. The maximum Gasteiger partial charge on any atom is 0.267 e. The molecule has 1 aromatic carbocycles. The third kappa shape index (κ3) is 2.93. The number of ether oxygens (including phenoxy) is 1. The number of halogens is 1. The second-order valence-corrected chi connectivity index (χ2v) is 8.89. The molecule has 136 valence electrons. The molecule has 3 aliphatic heterocycles. The van der Waals surface area contributed by atoms with Crippen LogP contribution in [0.2, 0.25) is 0 Å². The summed E-state index contributed by atoms with van der Waals surface area (Å²) in [5.41, 5.74) is 2.07. The monoisotopic (exact) mass is 452 g/mol. The van der Waals surface area contributed by atoms with Crippen LogP contribution >= 0.6 is 39.9 Å². The molecule has 8 heteroatoms. The van der Waals surface area contributed by atoms with Crippen molar-refractivity contribution in [2.45, 2.75) is 25.9 Å². The number of thioether (sulfide) groups is 1. The minimum absolute atomic E-state index is 0.0229. The highest BCUT2D eigenvalue weighted by Crippen LogP contribution is 2.45. The van der Waals surface area contributed by atoms with Gasteiger partial charge in [-0.25, -0.2) is 0 Å². The predicted molar refractivity (Wildman–Crippen MR) is 110 cm³/mol. The summed E-state index contributed by atoms with van der Waals surface area (Å²) in [5.74, 6) is -0.332. The number of thiocarbonyl (C=S) groups is 1. The first-order chi connectivity index (χ1) is 12.5. The summed E-state index contributed by atoms with van der Waals surface area (Å²) in [6.07, 6.45) is 1.96. The van der Waals surface area contributed by atoms with Crippen LogP contribution in [0.5, 0.6) is 0 Å². The Hall–Kier alpha value is -1.22. The van der Waals surface area contributed by atoms with Crippen molar-refractivity contribution in [3.8, 4) is 0 Å². The number of carbonyl (C=O) groups excluding carboxylic acids is 2. The topological polar surface area (TPSA) is 49.9 Å². The number of hydrogen-bond acceptors (Lipinski definition) is 5. The van der Waals surface area contributed by atoms with Gasteiger partial charge in [0.2, 0.25) is 0 Å². The fraction of sp³-hybridized carbons (Fsp3) is 0.389. The molecule has 3 aliphatic rings. The summed E-state index contributed by atoms with van der Waals surface area (Å²) in [5, 5.41) is 0. The number of likely N-dealkylation sites (N-methyl/N-ethyl adjacent to an activating group) is 1. The zero-order valence-corrected chi connectivity index (χ0v) is 17.4. The van der Waals surface area contributed by atoms with Crippen LogP contribution in [0.1, 0.15) is 25.3 Å². The zero-order chi connectivity index (χ0) is 18.4. The van der Waals surface area contributed by atoms with Crippen molar-refractivity contribution in [1.29, 1.82) is 0 Å². The lowest BCUT2D eigenvalue weighted by Gasteiger charge is -2.18. The summed E-state index contributed by atoms with van der Waals surface area (Å²) in [4.78, 5) is 29.7. The number of nitrogens with zero attached hydrogens (tertiary/aromatic N) is 2. The number of hydrogen-bond donors (Lipinski definition) is 0. The first-order valence-electron chi connectivity index (χ1n) is 8.52. The van der Waals surface area contributed by atoms with Gasteiger partial charge in [-0.05, 0) is 38.0 Å². The normalized spacial score (nSPS) is 25.6. The highest BCUT2D eigenvalue weighted by Gasteiger charge is 2.42. The largest absolute Gasteiger partial charge is 0.376 e. The van der Waals surface area contributed by atoms with Gasteiger partial charge in [0.25, 0.3) is 11.8 Å².